The summed E-state index contributed by atoms with van der Waals surface area (Å²) < 4.78 is 0. The molecule has 0 saturated heterocycles. The van der Waals surface area contributed by atoms with Crippen LogP contribution in [0.15, 0.2) is 48.6 Å². The van der Waals surface area contributed by atoms with Gasteiger partial charge in [-0.05, 0) is 37.5 Å². The zero-order valence-electron chi connectivity index (χ0n) is 9.79. The summed E-state index contributed by atoms with van der Waals surface area (Å²) in [6.45, 7) is 1.87. The maximum absolute atomic E-state index is 9.41. The summed E-state index contributed by atoms with van der Waals surface area (Å²) >= 11 is 0. The van der Waals surface area contributed by atoms with Crippen molar-refractivity contribution in [1.29, 1.82) is 0 Å². The lowest BCUT2D eigenvalue weighted by Crippen LogP contribution is -2.19. The van der Waals surface area contributed by atoms with E-state index in [0.717, 1.165) is 12.8 Å². The predicted octanol–water partition coefficient (Wildman–Crippen LogP) is 3.25. The molecular weight excluding hydrogens is 196 g/mol. The lowest BCUT2D eigenvalue weighted by atomic mass is 9.79. The largest absolute Gasteiger partial charge is 0.393 e. The van der Waals surface area contributed by atoms with Crippen LogP contribution in [-0.2, 0) is 0 Å². The van der Waals surface area contributed by atoms with E-state index in [0.29, 0.717) is 17.8 Å². The van der Waals surface area contributed by atoms with Crippen molar-refractivity contribution in [3.8, 4) is 0 Å². The number of aliphatic hydroxyl groups is 1. The van der Waals surface area contributed by atoms with E-state index >= 15 is 0 Å². The maximum Gasteiger partial charge on any atom is 0.0512 e. The van der Waals surface area contributed by atoms with E-state index in [1.807, 2.05) is 6.92 Å². The molecule has 1 unspecified atom stereocenters. The van der Waals surface area contributed by atoms with E-state index in [9.17, 15) is 5.11 Å². The first kappa shape index (κ1) is 11.4. The Labute approximate surface area is 97.9 Å². The molecule has 1 heteroatoms. The van der Waals surface area contributed by atoms with Crippen molar-refractivity contribution in [3.63, 3.8) is 0 Å². The summed E-state index contributed by atoms with van der Waals surface area (Å²) in [6, 6.07) is 0. The van der Waals surface area contributed by atoms with Crippen LogP contribution in [0.3, 0.4) is 0 Å². The Balaban J connectivity index is 2.00. The van der Waals surface area contributed by atoms with Gasteiger partial charge in [-0.25, -0.2) is 0 Å². The monoisotopic (exact) mass is 216 g/mol. The third-order valence-corrected chi connectivity index (χ3v) is 3.46. The molecule has 0 fully saturated rings. The molecule has 0 aliphatic heterocycles. The molecule has 0 radical (unpaired) electrons. The third-order valence-electron chi connectivity index (χ3n) is 3.46. The summed E-state index contributed by atoms with van der Waals surface area (Å²) in [5.41, 5.74) is 0. The lowest BCUT2D eigenvalue weighted by Gasteiger charge is -2.25. The topological polar surface area (TPSA) is 20.2 Å². The molecule has 0 amide bonds. The lowest BCUT2D eigenvalue weighted by molar-refractivity contribution is 0.166. The van der Waals surface area contributed by atoms with Crippen LogP contribution in [0.2, 0.25) is 0 Å². The van der Waals surface area contributed by atoms with Gasteiger partial charge in [-0.3, -0.25) is 0 Å². The zero-order valence-corrected chi connectivity index (χ0v) is 9.79. The first-order valence-electron chi connectivity index (χ1n) is 6.15. The van der Waals surface area contributed by atoms with Gasteiger partial charge in [0.25, 0.3) is 0 Å². The van der Waals surface area contributed by atoms with E-state index in [4.69, 9.17) is 0 Å². The summed E-state index contributed by atoms with van der Waals surface area (Å²) in [4.78, 5) is 0. The van der Waals surface area contributed by atoms with Crippen molar-refractivity contribution >= 4 is 0 Å². The Morgan fingerprint density at radius 2 is 1.31 bits per heavy atom. The Kier molecular flexibility index (Phi) is 3.79. The van der Waals surface area contributed by atoms with E-state index in [-0.39, 0.29) is 6.10 Å². The van der Waals surface area contributed by atoms with Crippen LogP contribution in [-0.4, -0.2) is 11.2 Å². The molecule has 1 nitrogen and oxygen atoms in total. The van der Waals surface area contributed by atoms with Gasteiger partial charge >= 0.3 is 0 Å². The van der Waals surface area contributed by atoms with Gasteiger partial charge < -0.3 is 5.11 Å². The minimum atomic E-state index is -0.189. The first-order valence-corrected chi connectivity index (χ1v) is 6.15. The highest BCUT2D eigenvalue weighted by Gasteiger charge is 2.25. The average Bonchev–Trinajstić information content (AvgIpc) is 2.88. The van der Waals surface area contributed by atoms with Crippen molar-refractivity contribution in [2.24, 2.45) is 17.8 Å². The molecule has 16 heavy (non-hydrogen) atoms. The number of allylic oxidation sites excluding steroid dienone is 8. The van der Waals surface area contributed by atoms with Gasteiger partial charge in [-0.15, -0.1) is 0 Å². The predicted molar refractivity (Wildman–Crippen MR) is 67.9 cm³/mol. The molecule has 2 aliphatic rings. The van der Waals surface area contributed by atoms with Crippen molar-refractivity contribution < 1.29 is 5.11 Å². The molecule has 0 aromatic heterocycles. The number of hydrogen-bond donors (Lipinski definition) is 1. The zero-order chi connectivity index (χ0) is 11.4. The number of rotatable bonds is 5. The smallest absolute Gasteiger partial charge is 0.0512 e. The quantitative estimate of drug-likeness (QED) is 0.748. The maximum atomic E-state index is 9.41. The van der Waals surface area contributed by atoms with Gasteiger partial charge in [0, 0.05) is 0 Å². The van der Waals surface area contributed by atoms with Crippen LogP contribution in [0.5, 0.6) is 0 Å². The highest BCUT2D eigenvalue weighted by Crippen LogP contribution is 2.34. The average molecular weight is 216 g/mol. The highest BCUT2D eigenvalue weighted by atomic mass is 16.3. The van der Waals surface area contributed by atoms with Gasteiger partial charge in [0.15, 0.2) is 0 Å². The molecule has 0 heterocycles. The number of hydrogen-bond acceptors (Lipinski definition) is 1. The summed E-state index contributed by atoms with van der Waals surface area (Å²) in [5, 5.41) is 9.41. The van der Waals surface area contributed by atoms with Crippen molar-refractivity contribution in [1.82, 2.24) is 0 Å². The van der Waals surface area contributed by atoms with Gasteiger partial charge in [0.2, 0.25) is 0 Å². The van der Waals surface area contributed by atoms with Gasteiger partial charge in [-0.2, -0.15) is 0 Å². The van der Waals surface area contributed by atoms with Crippen molar-refractivity contribution in [3.05, 3.63) is 48.6 Å². The second kappa shape index (κ2) is 5.31. The Bertz CT molecular complexity index is 281. The second-order valence-electron chi connectivity index (χ2n) is 4.78. The van der Waals surface area contributed by atoms with Gasteiger partial charge in [0.1, 0.15) is 0 Å². The molecule has 1 N–H and O–H groups in total. The van der Waals surface area contributed by atoms with Crippen LogP contribution in [0.25, 0.3) is 0 Å². The van der Waals surface area contributed by atoms with E-state index in [1.165, 1.54) is 0 Å². The van der Waals surface area contributed by atoms with Crippen molar-refractivity contribution in [2.75, 3.05) is 0 Å². The second-order valence-corrected chi connectivity index (χ2v) is 4.78. The Morgan fingerprint density at radius 3 is 1.69 bits per heavy atom. The summed E-state index contributed by atoms with van der Waals surface area (Å²) in [5.74, 6) is 1.67. The van der Waals surface area contributed by atoms with Crippen LogP contribution in [0.4, 0.5) is 0 Å². The van der Waals surface area contributed by atoms with Crippen LogP contribution in [0.1, 0.15) is 19.8 Å². The normalized spacial score (nSPS) is 21.7. The Morgan fingerprint density at radius 1 is 0.875 bits per heavy atom. The summed E-state index contributed by atoms with van der Waals surface area (Å²) in [7, 11) is 0. The molecule has 0 bridgehead atoms. The van der Waals surface area contributed by atoms with E-state index < -0.39 is 0 Å². The molecular formula is C15H20O. The molecule has 86 valence electrons. The van der Waals surface area contributed by atoms with Gasteiger partial charge in [-0.1, -0.05) is 48.6 Å². The van der Waals surface area contributed by atoms with E-state index in [2.05, 4.69) is 48.6 Å². The molecule has 2 aliphatic carbocycles. The highest BCUT2D eigenvalue weighted by molar-refractivity contribution is 5.24. The minimum absolute atomic E-state index is 0.189. The van der Waals surface area contributed by atoms with Crippen LogP contribution < -0.4 is 0 Å². The third kappa shape index (κ3) is 2.73. The van der Waals surface area contributed by atoms with Crippen LogP contribution in [0, 0.1) is 17.8 Å². The standard InChI is InChI=1S/C15H20O/c1-12(16)10-11-15(13-6-2-3-7-13)14-8-4-5-9-14/h2-9,12-16H,10-11H2,1H3. The minimum Gasteiger partial charge on any atom is -0.393 e. The fraction of sp³-hybridized carbons (Fsp3) is 0.467. The molecule has 1 atom stereocenters. The first-order chi connectivity index (χ1) is 7.77. The molecule has 0 aromatic rings. The molecule has 0 aromatic carbocycles. The van der Waals surface area contributed by atoms with Gasteiger partial charge in [0.05, 0.1) is 6.10 Å². The SMILES string of the molecule is CC(O)CCC(C1C=CC=C1)C1C=CC=C1. The summed E-state index contributed by atoms with van der Waals surface area (Å²) in [6.07, 6.45) is 19.4. The molecule has 0 saturated carbocycles. The van der Waals surface area contributed by atoms with Crippen LogP contribution >= 0.6 is 0 Å². The number of aliphatic hydroxyl groups excluding tert-OH is 1. The molecule has 2 rings (SSSR count). The van der Waals surface area contributed by atoms with E-state index in [1.54, 1.807) is 0 Å². The van der Waals surface area contributed by atoms with Crippen molar-refractivity contribution in [2.45, 2.75) is 25.9 Å². The fourth-order valence-electron chi connectivity index (χ4n) is 2.54. The molecule has 0 spiro atoms. The fourth-order valence-corrected chi connectivity index (χ4v) is 2.54. The Hall–Kier alpha value is -1.08.